The van der Waals surface area contributed by atoms with Crippen molar-refractivity contribution in [2.24, 2.45) is 5.92 Å². The Morgan fingerprint density at radius 1 is 1.37 bits per heavy atom. The average molecular weight is 278 g/mol. The van der Waals surface area contributed by atoms with E-state index in [4.69, 9.17) is 11.6 Å². The lowest BCUT2D eigenvalue weighted by Crippen LogP contribution is -2.34. The van der Waals surface area contributed by atoms with E-state index in [0.717, 1.165) is 22.9 Å². The lowest BCUT2D eigenvalue weighted by atomic mass is 9.93. The third-order valence-corrected chi connectivity index (χ3v) is 4.43. The number of pyridine rings is 1. The van der Waals surface area contributed by atoms with Crippen LogP contribution in [0.5, 0.6) is 0 Å². The molecule has 3 rings (SSSR count). The van der Waals surface area contributed by atoms with Crippen molar-refractivity contribution in [3.8, 4) is 0 Å². The maximum atomic E-state index is 6.01. The molecule has 3 heterocycles. The van der Waals surface area contributed by atoms with E-state index in [-0.39, 0.29) is 0 Å². The largest absolute Gasteiger partial charge is 0.304 e. The van der Waals surface area contributed by atoms with Crippen LogP contribution >= 0.6 is 11.6 Å². The minimum absolute atomic E-state index is 0.768. The molecule has 1 aliphatic heterocycles. The summed E-state index contributed by atoms with van der Waals surface area (Å²) in [5, 5.41) is 0.773. The summed E-state index contributed by atoms with van der Waals surface area (Å²) in [5.74, 6) is 1.94. The predicted octanol–water partition coefficient (Wildman–Crippen LogP) is 3.26. The number of piperidine rings is 1. The molecule has 3 nitrogen and oxygen atoms in total. The van der Waals surface area contributed by atoms with Gasteiger partial charge in [0.1, 0.15) is 5.82 Å². The second-order valence-electron chi connectivity index (χ2n) is 5.40. The summed E-state index contributed by atoms with van der Waals surface area (Å²) in [5.41, 5.74) is 1.09. The second kappa shape index (κ2) is 5.51. The topological polar surface area (TPSA) is 20.5 Å². The number of halogens is 1. The van der Waals surface area contributed by atoms with Crippen molar-refractivity contribution < 1.29 is 0 Å². The molecule has 2 aromatic heterocycles. The van der Waals surface area contributed by atoms with Crippen LogP contribution in [0.15, 0.2) is 24.5 Å². The van der Waals surface area contributed by atoms with Gasteiger partial charge in [-0.1, -0.05) is 18.5 Å². The summed E-state index contributed by atoms with van der Waals surface area (Å²) >= 11 is 6.01. The summed E-state index contributed by atoms with van der Waals surface area (Å²) in [6.07, 6.45) is 7.60. The Labute approximate surface area is 119 Å². The third-order valence-electron chi connectivity index (χ3n) is 4.20. The molecule has 1 aliphatic rings. The highest BCUT2D eigenvalue weighted by atomic mass is 35.5. The summed E-state index contributed by atoms with van der Waals surface area (Å²) in [6.45, 7) is 5.89. The molecule has 0 aromatic carbocycles. The maximum Gasteiger partial charge on any atom is 0.113 e. The molecule has 0 aliphatic carbocycles. The molecular formula is C15H20ClN3. The molecule has 4 heteroatoms. The van der Waals surface area contributed by atoms with Crippen molar-refractivity contribution >= 4 is 17.1 Å². The first kappa shape index (κ1) is 12.9. The fourth-order valence-corrected chi connectivity index (χ4v) is 3.11. The number of nitrogens with zero attached hydrogens (tertiary/aromatic N) is 3. The van der Waals surface area contributed by atoms with Crippen LogP contribution in [0, 0.1) is 5.92 Å². The van der Waals surface area contributed by atoms with E-state index in [9.17, 15) is 0 Å². The van der Waals surface area contributed by atoms with E-state index < -0.39 is 0 Å². The number of hydrogen-bond donors (Lipinski definition) is 0. The Hall–Kier alpha value is -1.06. The third kappa shape index (κ3) is 2.77. The van der Waals surface area contributed by atoms with Crippen molar-refractivity contribution in [3.63, 3.8) is 0 Å². The molecule has 0 radical (unpaired) electrons. The van der Waals surface area contributed by atoms with Crippen LogP contribution in [0.3, 0.4) is 0 Å². The SMILES string of the molecule is CCN1CCC(Cc2ncc3cc(Cl)ccn23)CC1. The molecule has 0 amide bonds. The fourth-order valence-electron chi connectivity index (χ4n) is 2.94. The normalized spacial score (nSPS) is 18.2. The summed E-state index contributed by atoms with van der Waals surface area (Å²) in [6, 6.07) is 3.90. The van der Waals surface area contributed by atoms with Gasteiger partial charge in [-0.2, -0.15) is 0 Å². The molecule has 0 spiro atoms. The van der Waals surface area contributed by atoms with Gasteiger partial charge in [-0.25, -0.2) is 4.98 Å². The molecule has 102 valence electrons. The Morgan fingerprint density at radius 2 is 2.16 bits per heavy atom. The Morgan fingerprint density at radius 3 is 2.89 bits per heavy atom. The van der Waals surface area contributed by atoms with E-state index in [2.05, 4.69) is 21.2 Å². The minimum Gasteiger partial charge on any atom is -0.304 e. The summed E-state index contributed by atoms with van der Waals surface area (Å²) in [4.78, 5) is 7.09. The molecule has 1 saturated heterocycles. The van der Waals surface area contributed by atoms with Crippen molar-refractivity contribution in [2.45, 2.75) is 26.2 Å². The standard InChI is InChI=1S/C15H20ClN3/c1-2-18-6-3-12(4-7-18)9-15-17-11-14-10-13(16)5-8-19(14)15/h5,8,10-12H,2-4,6-7,9H2,1H3. The van der Waals surface area contributed by atoms with Gasteiger partial charge < -0.3 is 9.30 Å². The molecule has 0 N–H and O–H groups in total. The molecule has 0 saturated carbocycles. The smallest absolute Gasteiger partial charge is 0.113 e. The second-order valence-corrected chi connectivity index (χ2v) is 5.83. The number of rotatable bonds is 3. The van der Waals surface area contributed by atoms with Gasteiger partial charge in [-0.05, 0) is 50.5 Å². The molecular weight excluding hydrogens is 258 g/mol. The minimum atomic E-state index is 0.768. The van der Waals surface area contributed by atoms with Crippen LogP contribution in [0.2, 0.25) is 5.02 Å². The molecule has 0 atom stereocenters. The Balaban J connectivity index is 1.72. The van der Waals surface area contributed by atoms with Gasteiger partial charge in [0.05, 0.1) is 11.7 Å². The maximum absolute atomic E-state index is 6.01. The summed E-state index contributed by atoms with van der Waals surface area (Å²) < 4.78 is 2.16. The lowest BCUT2D eigenvalue weighted by Gasteiger charge is -2.30. The first-order chi connectivity index (χ1) is 9.26. The number of hydrogen-bond acceptors (Lipinski definition) is 2. The van der Waals surface area contributed by atoms with E-state index in [1.165, 1.54) is 38.3 Å². The quantitative estimate of drug-likeness (QED) is 0.858. The molecule has 0 bridgehead atoms. The van der Waals surface area contributed by atoms with Crippen LogP contribution in [-0.2, 0) is 6.42 Å². The highest BCUT2D eigenvalue weighted by molar-refractivity contribution is 6.30. The van der Waals surface area contributed by atoms with Crippen LogP contribution in [0.25, 0.3) is 5.52 Å². The zero-order valence-corrected chi connectivity index (χ0v) is 12.1. The molecule has 19 heavy (non-hydrogen) atoms. The van der Waals surface area contributed by atoms with E-state index >= 15 is 0 Å². The first-order valence-corrected chi connectivity index (χ1v) is 7.48. The van der Waals surface area contributed by atoms with Gasteiger partial charge in [0.25, 0.3) is 0 Å². The van der Waals surface area contributed by atoms with Crippen LogP contribution in [0.4, 0.5) is 0 Å². The van der Waals surface area contributed by atoms with Crippen LogP contribution in [0.1, 0.15) is 25.6 Å². The van der Waals surface area contributed by atoms with Crippen molar-refractivity contribution in [3.05, 3.63) is 35.4 Å². The molecule has 1 fully saturated rings. The highest BCUT2D eigenvalue weighted by Gasteiger charge is 2.19. The predicted molar refractivity (Wildman–Crippen MR) is 78.7 cm³/mol. The lowest BCUT2D eigenvalue weighted by molar-refractivity contribution is 0.191. The van der Waals surface area contributed by atoms with Gasteiger partial charge in [-0.3, -0.25) is 0 Å². The average Bonchev–Trinajstić information content (AvgIpc) is 2.82. The monoisotopic (exact) mass is 277 g/mol. The van der Waals surface area contributed by atoms with Crippen molar-refractivity contribution in [1.82, 2.24) is 14.3 Å². The Bertz CT molecular complexity index is 556. The van der Waals surface area contributed by atoms with E-state index in [1.54, 1.807) is 0 Å². The zero-order chi connectivity index (χ0) is 13.2. The van der Waals surface area contributed by atoms with Crippen LogP contribution in [-0.4, -0.2) is 33.9 Å². The number of likely N-dealkylation sites (tertiary alicyclic amines) is 1. The first-order valence-electron chi connectivity index (χ1n) is 7.10. The Kier molecular flexibility index (Phi) is 3.76. The van der Waals surface area contributed by atoms with Gasteiger partial charge in [0.15, 0.2) is 0 Å². The van der Waals surface area contributed by atoms with Gasteiger partial charge in [0, 0.05) is 17.6 Å². The van der Waals surface area contributed by atoms with E-state index in [1.807, 2.05) is 24.5 Å². The van der Waals surface area contributed by atoms with Gasteiger partial charge >= 0.3 is 0 Å². The van der Waals surface area contributed by atoms with Gasteiger partial charge in [-0.15, -0.1) is 0 Å². The fraction of sp³-hybridized carbons (Fsp3) is 0.533. The van der Waals surface area contributed by atoms with Crippen LogP contribution < -0.4 is 0 Å². The molecule has 0 unspecified atom stereocenters. The highest BCUT2D eigenvalue weighted by Crippen LogP contribution is 2.22. The van der Waals surface area contributed by atoms with Crippen molar-refractivity contribution in [1.29, 1.82) is 0 Å². The van der Waals surface area contributed by atoms with Crippen molar-refractivity contribution in [2.75, 3.05) is 19.6 Å². The number of aromatic nitrogens is 2. The van der Waals surface area contributed by atoms with E-state index in [0.29, 0.717) is 0 Å². The zero-order valence-electron chi connectivity index (χ0n) is 11.3. The van der Waals surface area contributed by atoms with Gasteiger partial charge in [0.2, 0.25) is 0 Å². The summed E-state index contributed by atoms with van der Waals surface area (Å²) in [7, 11) is 0. The number of imidazole rings is 1. The molecule has 2 aromatic rings. The number of fused-ring (bicyclic) bond motifs is 1.